The van der Waals surface area contributed by atoms with E-state index in [2.05, 4.69) is 36.8 Å². The van der Waals surface area contributed by atoms with Crippen LogP contribution in [0.25, 0.3) is 0 Å². The lowest BCUT2D eigenvalue weighted by Gasteiger charge is -1.96. The summed E-state index contributed by atoms with van der Waals surface area (Å²) in [5.74, 6) is 0. The number of benzene rings is 1. The highest BCUT2D eigenvalue weighted by Gasteiger charge is 1.89. The van der Waals surface area contributed by atoms with Gasteiger partial charge in [-0.2, -0.15) is 0 Å². The molecule has 0 amide bonds. The molecule has 0 atom stereocenters. The molecular formula is C8H16O6P2S2. The predicted octanol–water partition coefficient (Wildman–Crippen LogP) is 1.85. The molecule has 18 heavy (non-hydrogen) atoms. The molecule has 0 aromatic heterocycles. The van der Waals surface area contributed by atoms with Gasteiger partial charge in [-0.3, -0.25) is 9.13 Å². The van der Waals surface area contributed by atoms with E-state index in [1.54, 1.807) is 23.5 Å². The SMILES string of the molecule is CSc1ccc(SC)cc1.O=[PH](O)O.O=[PH](O)O. The second-order valence-corrected chi connectivity index (χ2v) is 5.33. The van der Waals surface area contributed by atoms with Crippen LogP contribution in [0, 0.1) is 0 Å². The maximum Gasteiger partial charge on any atom is 0.314 e. The van der Waals surface area contributed by atoms with Crippen LogP contribution >= 0.6 is 40.0 Å². The minimum atomic E-state index is -3.13. The van der Waals surface area contributed by atoms with Crippen molar-refractivity contribution in [2.45, 2.75) is 9.79 Å². The van der Waals surface area contributed by atoms with Gasteiger partial charge in [0.15, 0.2) is 0 Å². The molecule has 0 spiro atoms. The first-order valence-electron chi connectivity index (χ1n) is 4.35. The van der Waals surface area contributed by atoms with E-state index in [0.29, 0.717) is 0 Å². The summed E-state index contributed by atoms with van der Waals surface area (Å²) < 4.78 is 17.5. The molecule has 0 heterocycles. The van der Waals surface area contributed by atoms with Gasteiger partial charge in [-0.15, -0.1) is 23.5 Å². The van der Waals surface area contributed by atoms with Gasteiger partial charge in [0.25, 0.3) is 0 Å². The van der Waals surface area contributed by atoms with E-state index in [-0.39, 0.29) is 0 Å². The molecule has 4 N–H and O–H groups in total. The van der Waals surface area contributed by atoms with Gasteiger partial charge in [0, 0.05) is 9.79 Å². The Morgan fingerprint density at radius 3 is 1.06 bits per heavy atom. The number of hydrogen-bond acceptors (Lipinski definition) is 4. The standard InChI is InChI=1S/C8H10S2.2H3O3P/c1-9-7-3-5-8(10-2)6-4-7;2*1-4(2)3/h3-6H,1-2H3;2*4H,(H2,1,2,3). The molecule has 0 aliphatic heterocycles. The average Bonchev–Trinajstić information content (AvgIpc) is 2.28. The monoisotopic (exact) mass is 334 g/mol. The summed E-state index contributed by atoms with van der Waals surface area (Å²) in [7, 11) is -6.26. The van der Waals surface area contributed by atoms with Gasteiger partial charge in [-0.05, 0) is 36.8 Å². The van der Waals surface area contributed by atoms with E-state index in [1.165, 1.54) is 9.79 Å². The number of thioether (sulfide) groups is 2. The van der Waals surface area contributed by atoms with Crippen molar-refractivity contribution in [1.29, 1.82) is 0 Å². The number of hydrogen-bond donors (Lipinski definition) is 4. The molecule has 0 aliphatic carbocycles. The minimum absolute atomic E-state index is 1.33. The fourth-order valence-corrected chi connectivity index (χ4v) is 1.53. The maximum absolute atomic E-state index is 8.74. The third kappa shape index (κ3) is 18.6. The molecule has 106 valence electrons. The molecule has 0 saturated heterocycles. The highest BCUT2D eigenvalue weighted by Crippen LogP contribution is 2.19. The molecule has 6 nitrogen and oxygen atoms in total. The van der Waals surface area contributed by atoms with Gasteiger partial charge >= 0.3 is 16.5 Å². The normalized spacial score (nSPS) is 9.33. The van der Waals surface area contributed by atoms with Crippen molar-refractivity contribution in [2.75, 3.05) is 12.5 Å². The summed E-state index contributed by atoms with van der Waals surface area (Å²) in [6.45, 7) is 0. The predicted molar refractivity (Wildman–Crippen MR) is 76.9 cm³/mol. The second kappa shape index (κ2) is 13.6. The summed E-state index contributed by atoms with van der Waals surface area (Å²) in [6, 6.07) is 8.60. The lowest BCUT2D eigenvalue weighted by molar-refractivity contribution is 0.403. The zero-order valence-corrected chi connectivity index (χ0v) is 13.4. The van der Waals surface area contributed by atoms with Gasteiger partial charge in [-0.1, -0.05) is 0 Å². The van der Waals surface area contributed by atoms with Crippen LogP contribution in [-0.4, -0.2) is 32.1 Å². The van der Waals surface area contributed by atoms with Crippen molar-refractivity contribution in [3.63, 3.8) is 0 Å². The minimum Gasteiger partial charge on any atom is -0.326 e. The van der Waals surface area contributed by atoms with Gasteiger partial charge in [0.05, 0.1) is 0 Å². The molecule has 0 aliphatic rings. The van der Waals surface area contributed by atoms with Gasteiger partial charge in [-0.25, -0.2) is 0 Å². The van der Waals surface area contributed by atoms with Crippen LogP contribution in [0.2, 0.25) is 0 Å². The van der Waals surface area contributed by atoms with E-state index < -0.39 is 16.5 Å². The summed E-state index contributed by atoms with van der Waals surface area (Å²) in [6.07, 6.45) is 4.18. The van der Waals surface area contributed by atoms with Crippen LogP contribution in [0.15, 0.2) is 34.1 Å². The van der Waals surface area contributed by atoms with E-state index in [4.69, 9.17) is 28.7 Å². The van der Waals surface area contributed by atoms with Gasteiger partial charge < -0.3 is 19.6 Å². The average molecular weight is 334 g/mol. The van der Waals surface area contributed by atoms with Gasteiger partial charge in [0.2, 0.25) is 0 Å². The first kappa shape index (κ1) is 20.5. The Hall–Kier alpha value is 0.220. The lowest BCUT2D eigenvalue weighted by atomic mass is 10.4. The molecule has 1 rings (SSSR count). The summed E-state index contributed by atoms with van der Waals surface area (Å²) in [4.78, 5) is 31.3. The van der Waals surface area contributed by atoms with E-state index in [1.807, 2.05) is 0 Å². The zero-order valence-electron chi connectivity index (χ0n) is 9.73. The van der Waals surface area contributed by atoms with Crippen LogP contribution in [0.4, 0.5) is 0 Å². The molecule has 1 aromatic carbocycles. The first-order valence-corrected chi connectivity index (χ1v) is 9.40. The van der Waals surface area contributed by atoms with Crippen molar-refractivity contribution in [3.05, 3.63) is 24.3 Å². The lowest BCUT2D eigenvalue weighted by Crippen LogP contribution is -1.69. The summed E-state index contributed by atoms with van der Waals surface area (Å²) in [5, 5.41) is 0. The molecule has 0 saturated carbocycles. The van der Waals surface area contributed by atoms with Crippen molar-refractivity contribution in [3.8, 4) is 0 Å². The molecule has 0 unspecified atom stereocenters. The molecule has 0 radical (unpaired) electrons. The van der Waals surface area contributed by atoms with Crippen molar-refractivity contribution in [2.24, 2.45) is 0 Å². The smallest absolute Gasteiger partial charge is 0.314 e. The molecule has 0 bridgehead atoms. The van der Waals surface area contributed by atoms with Crippen LogP contribution in [-0.2, 0) is 9.13 Å². The Labute approximate surface area is 115 Å². The van der Waals surface area contributed by atoms with E-state index in [9.17, 15) is 0 Å². The zero-order chi connectivity index (χ0) is 14.6. The summed E-state index contributed by atoms with van der Waals surface area (Å²) in [5.41, 5.74) is 0. The highest BCUT2D eigenvalue weighted by atomic mass is 32.2. The van der Waals surface area contributed by atoms with Gasteiger partial charge in [0.1, 0.15) is 0 Å². The van der Waals surface area contributed by atoms with Crippen molar-refractivity contribution < 1.29 is 28.7 Å². The second-order valence-electron chi connectivity index (χ2n) is 2.44. The first-order chi connectivity index (χ1) is 8.33. The Bertz CT molecular complexity index is 316. The largest absolute Gasteiger partial charge is 0.326 e. The van der Waals surface area contributed by atoms with Crippen LogP contribution in [0.5, 0.6) is 0 Å². The third-order valence-corrected chi connectivity index (χ3v) is 2.78. The quantitative estimate of drug-likeness (QED) is 0.478. The molecule has 0 fully saturated rings. The van der Waals surface area contributed by atoms with E-state index >= 15 is 0 Å². The fourth-order valence-electron chi connectivity index (χ4n) is 0.712. The van der Waals surface area contributed by atoms with Crippen LogP contribution < -0.4 is 0 Å². The Kier molecular flexibility index (Phi) is 15.6. The molecular weight excluding hydrogens is 318 g/mol. The Balaban J connectivity index is 0. The third-order valence-electron chi connectivity index (χ3n) is 1.30. The fraction of sp³-hybridized carbons (Fsp3) is 0.250. The van der Waals surface area contributed by atoms with Crippen molar-refractivity contribution >= 4 is 40.0 Å². The maximum atomic E-state index is 8.74. The molecule has 10 heteroatoms. The van der Waals surface area contributed by atoms with Crippen molar-refractivity contribution in [1.82, 2.24) is 0 Å². The summed E-state index contributed by atoms with van der Waals surface area (Å²) >= 11 is 3.56. The topological polar surface area (TPSA) is 115 Å². The van der Waals surface area contributed by atoms with E-state index in [0.717, 1.165) is 0 Å². The highest BCUT2D eigenvalue weighted by molar-refractivity contribution is 7.99. The Morgan fingerprint density at radius 2 is 0.944 bits per heavy atom. The molecule has 1 aromatic rings. The number of rotatable bonds is 2. The Morgan fingerprint density at radius 1 is 0.778 bits per heavy atom. The van der Waals surface area contributed by atoms with Crippen LogP contribution in [0.1, 0.15) is 0 Å². The van der Waals surface area contributed by atoms with Crippen LogP contribution in [0.3, 0.4) is 0 Å².